The molecule has 0 unspecified atom stereocenters. The molecule has 0 spiro atoms. The summed E-state index contributed by atoms with van der Waals surface area (Å²) in [6, 6.07) is 144. The fourth-order valence-corrected chi connectivity index (χ4v) is 23.3. The molecule has 0 saturated carbocycles. The zero-order valence-electron chi connectivity index (χ0n) is 66.6. The minimum atomic E-state index is -0.160. The van der Waals surface area contributed by atoms with Crippen LogP contribution in [0.2, 0.25) is 0 Å². The summed E-state index contributed by atoms with van der Waals surface area (Å²) in [6.45, 7) is 9.64. The molecule has 0 saturated heterocycles. The monoisotopic (exact) mass is 1560 g/mol. The second-order valence-corrected chi connectivity index (χ2v) is 35.9. The summed E-state index contributed by atoms with van der Waals surface area (Å²) in [4.78, 5) is 0. The van der Waals surface area contributed by atoms with E-state index in [1.54, 1.807) is 0 Å². The predicted molar refractivity (Wildman–Crippen MR) is 513 cm³/mol. The Labute approximate surface area is 701 Å². The SMILES string of the molecule is CC1(C)c2cc(-n3c4ccccc4c4ccc(-c5ccc6c(c5)c5ccccc5n6-c5ccc(-c6ccccc6)cc5)cc43)ccc2-c2ccc3sc4ccccc4c3c21.CC1(C)c2cc(-n3c4ccccc4c4ccc(-c5ccc6c7ccccc7n(-c7ccc(-c8ccccc8)cc7)c6c5)cc43)ccc2-c2c1ccc1c2sc2ccccc21. The second-order valence-electron chi connectivity index (χ2n) is 33.8. The molecule has 0 radical (unpaired) electrons. The highest BCUT2D eigenvalue weighted by atomic mass is 32.1. The summed E-state index contributed by atoms with van der Waals surface area (Å²) in [5.74, 6) is 0. The lowest BCUT2D eigenvalue weighted by Gasteiger charge is -2.23. The minimum Gasteiger partial charge on any atom is -0.309 e. The molecule has 0 fully saturated rings. The number of benzene rings is 18. The standard InChI is InChI=1S/2C57H38N2S/c1-57(2)48-34-40(26-28-41(48)45-29-31-54-55(56(45)57)46-16-8-11-19-53(46)60-54)59-49-17-9-6-14-42(49)44-27-22-38(33-52(44)59)37-23-30-51-47(32-37)43-15-7-10-18-50(43)58(51)39-24-20-36(21-25-39)35-12-4-3-5-13-35;1-57(2)48-31-30-46-45-16-8-11-19-54(45)60-56(46)55(48)47-29-26-40(34-49(47)57)59-51-18-10-7-15-42(51)44-28-23-38(33-53(44)59)37-22-27-43-41-14-6-9-17-50(41)58(52(43)32-37)39-24-20-36(21-25-39)35-12-4-3-5-13-35/h2*3-34H,1-2H3. The largest absolute Gasteiger partial charge is 0.309 e. The van der Waals surface area contributed by atoms with Crippen LogP contribution in [0.25, 0.3) is 217 Å². The Balaban J connectivity index is 0.000000133. The summed E-state index contributed by atoms with van der Waals surface area (Å²) >= 11 is 3.84. The van der Waals surface area contributed by atoms with Gasteiger partial charge in [0, 0.05) is 123 Å². The summed E-state index contributed by atoms with van der Waals surface area (Å²) in [5.41, 5.74) is 34.9. The van der Waals surface area contributed by atoms with Crippen LogP contribution in [0, 0.1) is 0 Å². The molecule has 6 aromatic heterocycles. The number of fused-ring (bicyclic) bond motifs is 26. The van der Waals surface area contributed by atoms with Gasteiger partial charge in [0.1, 0.15) is 0 Å². The van der Waals surface area contributed by atoms with Crippen LogP contribution in [0.1, 0.15) is 49.9 Å². The van der Waals surface area contributed by atoms with Gasteiger partial charge in [-0.25, -0.2) is 0 Å². The third kappa shape index (κ3) is 10.2. The van der Waals surface area contributed by atoms with Crippen molar-refractivity contribution in [1.82, 2.24) is 18.3 Å². The van der Waals surface area contributed by atoms with Crippen molar-refractivity contribution >= 4 is 150 Å². The van der Waals surface area contributed by atoms with Gasteiger partial charge in [-0.2, -0.15) is 0 Å². The number of hydrogen-bond donors (Lipinski definition) is 0. The molecule has 0 bridgehead atoms. The Kier molecular flexibility index (Phi) is 14.9. The van der Waals surface area contributed by atoms with Gasteiger partial charge in [0.05, 0.1) is 44.1 Å². The van der Waals surface area contributed by atoms with Crippen LogP contribution in [0.4, 0.5) is 0 Å². The third-order valence-corrected chi connectivity index (χ3v) is 29.0. The van der Waals surface area contributed by atoms with E-state index < -0.39 is 0 Å². The van der Waals surface area contributed by atoms with Crippen molar-refractivity contribution in [3.8, 4) is 89.5 Å². The highest BCUT2D eigenvalue weighted by molar-refractivity contribution is 7.26. The molecule has 4 nitrogen and oxygen atoms in total. The Morgan fingerprint density at radius 3 is 1.08 bits per heavy atom. The van der Waals surface area contributed by atoms with E-state index >= 15 is 0 Å². The van der Waals surface area contributed by atoms with Crippen molar-refractivity contribution < 1.29 is 0 Å². The van der Waals surface area contributed by atoms with Crippen LogP contribution in [0.15, 0.2) is 388 Å². The minimum absolute atomic E-state index is 0.134. The normalized spacial score (nSPS) is 13.3. The molecule has 0 amide bonds. The number of para-hydroxylation sites is 4. The quantitative estimate of drug-likeness (QED) is 0.144. The fraction of sp³-hybridized carbons (Fsp3) is 0.0526. The van der Waals surface area contributed by atoms with Crippen molar-refractivity contribution in [1.29, 1.82) is 0 Å². The Morgan fingerprint density at radius 1 is 0.200 bits per heavy atom. The van der Waals surface area contributed by atoms with Crippen LogP contribution in [0.5, 0.6) is 0 Å². The molecule has 26 rings (SSSR count). The first-order valence-electron chi connectivity index (χ1n) is 41.7. The molecule has 120 heavy (non-hydrogen) atoms. The topological polar surface area (TPSA) is 19.7 Å². The van der Waals surface area contributed by atoms with Crippen LogP contribution >= 0.6 is 22.7 Å². The summed E-state index contributed by atoms with van der Waals surface area (Å²) in [5, 5.41) is 15.6. The molecule has 2 aliphatic rings. The molecule has 18 aromatic carbocycles. The van der Waals surface area contributed by atoms with Gasteiger partial charge >= 0.3 is 0 Å². The lowest BCUT2D eigenvalue weighted by Crippen LogP contribution is -2.15. The van der Waals surface area contributed by atoms with Crippen molar-refractivity contribution in [2.24, 2.45) is 0 Å². The molecule has 24 aromatic rings. The molecule has 6 heteroatoms. The van der Waals surface area contributed by atoms with Gasteiger partial charge in [-0.1, -0.05) is 295 Å². The van der Waals surface area contributed by atoms with Gasteiger partial charge in [-0.15, -0.1) is 22.7 Å². The van der Waals surface area contributed by atoms with Gasteiger partial charge in [-0.3, -0.25) is 0 Å². The average molecular weight is 1570 g/mol. The lowest BCUT2D eigenvalue weighted by molar-refractivity contribution is 0.660. The zero-order valence-corrected chi connectivity index (χ0v) is 68.2. The van der Waals surface area contributed by atoms with Crippen molar-refractivity contribution in [3.63, 3.8) is 0 Å². The van der Waals surface area contributed by atoms with E-state index in [2.05, 4.69) is 434 Å². The molecule has 2 aliphatic carbocycles. The van der Waals surface area contributed by atoms with Gasteiger partial charge in [0.2, 0.25) is 0 Å². The number of thiophene rings is 2. The first-order valence-corrected chi connectivity index (χ1v) is 43.3. The average Bonchev–Trinajstić information content (AvgIpc) is 1.54. The molecule has 0 N–H and O–H groups in total. The van der Waals surface area contributed by atoms with Gasteiger partial charge in [0.15, 0.2) is 0 Å². The van der Waals surface area contributed by atoms with E-state index in [1.807, 2.05) is 22.7 Å². The van der Waals surface area contributed by atoms with Crippen molar-refractivity contribution in [2.75, 3.05) is 0 Å². The zero-order chi connectivity index (χ0) is 79.4. The van der Waals surface area contributed by atoms with Crippen LogP contribution in [-0.2, 0) is 10.8 Å². The molecular formula is C114H76N4S2. The molecule has 0 atom stereocenters. The van der Waals surface area contributed by atoms with Crippen LogP contribution in [-0.4, -0.2) is 18.3 Å². The maximum Gasteiger partial charge on any atom is 0.0547 e. The summed E-state index contributed by atoms with van der Waals surface area (Å²) in [7, 11) is 0. The van der Waals surface area contributed by atoms with E-state index in [1.165, 1.54) is 228 Å². The first-order chi connectivity index (χ1) is 59.0. The molecule has 564 valence electrons. The van der Waals surface area contributed by atoms with Crippen LogP contribution in [0.3, 0.4) is 0 Å². The smallest absolute Gasteiger partial charge is 0.0547 e. The fourth-order valence-electron chi connectivity index (χ4n) is 21.0. The summed E-state index contributed by atoms with van der Waals surface area (Å²) in [6.07, 6.45) is 0. The second kappa shape index (κ2) is 26.0. The van der Waals surface area contributed by atoms with Crippen molar-refractivity contribution in [3.05, 3.63) is 411 Å². The number of rotatable bonds is 8. The summed E-state index contributed by atoms with van der Waals surface area (Å²) < 4.78 is 15.3. The Morgan fingerprint density at radius 2 is 0.558 bits per heavy atom. The van der Waals surface area contributed by atoms with E-state index in [4.69, 9.17) is 0 Å². The van der Waals surface area contributed by atoms with Crippen molar-refractivity contribution in [2.45, 2.75) is 38.5 Å². The van der Waals surface area contributed by atoms with Crippen LogP contribution < -0.4 is 0 Å². The Hall–Kier alpha value is -14.4. The molecular weight excluding hydrogens is 1490 g/mol. The van der Waals surface area contributed by atoms with E-state index in [0.717, 1.165) is 11.4 Å². The lowest BCUT2D eigenvalue weighted by atomic mass is 9.80. The first kappa shape index (κ1) is 68.8. The maximum absolute atomic E-state index is 2.49. The third-order valence-electron chi connectivity index (χ3n) is 26.6. The van der Waals surface area contributed by atoms with E-state index in [-0.39, 0.29) is 10.8 Å². The highest BCUT2D eigenvalue weighted by Gasteiger charge is 2.40. The molecule has 0 aliphatic heterocycles. The van der Waals surface area contributed by atoms with Gasteiger partial charge in [0.25, 0.3) is 0 Å². The van der Waals surface area contributed by atoms with Gasteiger partial charge in [-0.05, 0) is 205 Å². The number of hydrogen-bond acceptors (Lipinski definition) is 2. The number of aromatic nitrogens is 4. The van der Waals surface area contributed by atoms with E-state index in [0.29, 0.717) is 0 Å². The van der Waals surface area contributed by atoms with E-state index in [9.17, 15) is 0 Å². The highest BCUT2D eigenvalue weighted by Crippen LogP contribution is 2.57. The Bertz CT molecular complexity index is 8440. The maximum atomic E-state index is 2.49. The van der Waals surface area contributed by atoms with Gasteiger partial charge < -0.3 is 18.3 Å². The predicted octanol–water partition coefficient (Wildman–Crippen LogP) is 31.8. The molecule has 6 heterocycles. The number of nitrogens with zero attached hydrogens (tertiary/aromatic N) is 4.